The molecule has 0 aliphatic rings. The summed E-state index contributed by atoms with van der Waals surface area (Å²) in [5.74, 6) is -0.506. The number of carbonyl (C=O) groups is 1. The van der Waals surface area contributed by atoms with E-state index in [-0.39, 0.29) is 28.8 Å². The highest BCUT2D eigenvalue weighted by Crippen LogP contribution is 2.25. The number of rotatable bonds is 3. The monoisotopic (exact) mass is 339 g/mol. The molecule has 0 saturated heterocycles. The number of H-pyrrole nitrogens is 1. The first-order valence-electron chi connectivity index (χ1n) is 8.20. The van der Waals surface area contributed by atoms with Crippen molar-refractivity contribution < 1.29 is 9.53 Å². The van der Waals surface area contributed by atoms with Crippen molar-refractivity contribution in [1.29, 1.82) is 0 Å². The van der Waals surface area contributed by atoms with Gasteiger partial charge in [-0.15, -0.1) is 0 Å². The van der Waals surface area contributed by atoms with E-state index < -0.39 is 5.97 Å². The molecule has 1 aromatic carbocycles. The minimum atomic E-state index is -0.506. The summed E-state index contributed by atoms with van der Waals surface area (Å²) < 4.78 is 6.25. The van der Waals surface area contributed by atoms with E-state index in [0.29, 0.717) is 5.69 Å². The van der Waals surface area contributed by atoms with E-state index in [4.69, 9.17) is 4.74 Å². The predicted octanol–water partition coefficient (Wildman–Crippen LogP) is 3.16. The van der Waals surface area contributed by atoms with E-state index in [2.05, 4.69) is 30.9 Å². The molecule has 0 spiro atoms. The van der Waals surface area contributed by atoms with Crippen LogP contribution in [-0.4, -0.2) is 27.2 Å². The van der Waals surface area contributed by atoms with Gasteiger partial charge in [0.05, 0.1) is 12.3 Å². The van der Waals surface area contributed by atoms with Gasteiger partial charge in [-0.2, -0.15) is 0 Å². The second kappa shape index (κ2) is 6.20. The highest BCUT2D eigenvalue weighted by Gasteiger charge is 2.18. The lowest BCUT2D eigenvalue weighted by Crippen LogP contribution is -2.15. The quantitative estimate of drug-likeness (QED) is 0.744. The zero-order valence-corrected chi connectivity index (χ0v) is 14.8. The van der Waals surface area contributed by atoms with Crippen LogP contribution >= 0.6 is 0 Å². The molecule has 3 rings (SSSR count). The summed E-state index contributed by atoms with van der Waals surface area (Å²) in [6, 6.07) is 9.39. The van der Waals surface area contributed by atoms with E-state index in [9.17, 15) is 9.59 Å². The van der Waals surface area contributed by atoms with Crippen LogP contribution in [-0.2, 0) is 10.2 Å². The third-order valence-electron chi connectivity index (χ3n) is 4.04. The summed E-state index contributed by atoms with van der Waals surface area (Å²) in [4.78, 5) is 28.9. The number of nitrogens with zero attached hydrogens (tertiary/aromatic N) is 2. The van der Waals surface area contributed by atoms with Gasteiger partial charge in [-0.3, -0.25) is 9.89 Å². The van der Waals surface area contributed by atoms with Crippen molar-refractivity contribution in [1.82, 2.24) is 14.6 Å². The Hall–Kier alpha value is -2.89. The second-order valence-electron chi connectivity index (χ2n) is 6.87. The Bertz CT molecular complexity index is 976. The van der Waals surface area contributed by atoms with E-state index in [0.717, 1.165) is 5.56 Å². The van der Waals surface area contributed by atoms with Crippen LogP contribution in [0, 0.1) is 0 Å². The Balaban J connectivity index is 2.10. The van der Waals surface area contributed by atoms with Crippen molar-refractivity contribution in [2.75, 3.05) is 6.61 Å². The smallest absolute Gasteiger partial charge is 0.343 e. The number of fused-ring (bicyclic) bond motifs is 1. The van der Waals surface area contributed by atoms with Gasteiger partial charge in [-0.05, 0) is 17.9 Å². The van der Waals surface area contributed by atoms with Crippen LogP contribution in [0.1, 0.15) is 43.6 Å². The summed E-state index contributed by atoms with van der Waals surface area (Å²) >= 11 is 0. The fourth-order valence-corrected chi connectivity index (χ4v) is 2.63. The van der Waals surface area contributed by atoms with Crippen molar-refractivity contribution in [3.05, 3.63) is 58.0 Å². The van der Waals surface area contributed by atoms with E-state index in [1.807, 2.05) is 24.3 Å². The third-order valence-corrected chi connectivity index (χ3v) is 4.04. The van der Waals surface area contributed by atoms with E-state index in [1.54, 1.807) is 6.92 Å². The van der Waals surface area contributed by atoms with Crippen LogP contribution in [0.25, 0.3) is 16.9 Å². The maximum absolute atomic E-state index is 12.3. The van der Waals surface area contributed by atoms with Crippen LogP contribution in [0.3, 0.4) is 0 Å². The van der Waals surface area contributed by atoms with Crippen molar-refractivity contribution in [3.63, 3.8) is 0 Å². The fourth-order valence-electron chi connectivity index (χ4n) is 2.63. The zero-order chi connectivity index (χ0) is 18.2. The first-order chi connectivity index (χ1) is 11.8. The van der Waals surface area contributed by atoms with Gasteiger partial charge >= 0.3 is 5.97 Å². The van der Waals surface area contributed by atoms with Crippen LogP contribution in [0.4, 0.5) is 0 Å². The molecule has 0 amide bonds. The molecule has 1 N–H and O–H groups in total. The van der Waals surface area contributed by atoms with Gasteiger partial charge in [0.1, 0.15) is 5.56 Å². The van der Waals surface area contributed by atoms with Gasteiger partial charge in [-0.1, -0.05) is 45.0 Å². The number of benzene rings is 1. The minimum absolute atomic E-state index is 0.0488. The Morgan fingerprint density at radius 2 is 1.92 bits per heavy atom. The van der Waals surface area contributed by atoms with Crippen molar-refractivity contribution in [2.45, 2.75) is 33.1 Å². The highest BCUT2D eigenvalue weighted by molar-refractivity contribution is 5.95. The van der Waals surface area contributed by atoms with Crippen molar-refractivity contribution >= 4 is 11.6 Å². The lowest BCUT2D eigenvalue weighted by molar-refractivity contribution is 0.0528. The molecular formula is C19H21N3O3. The highest BCUT2D eigenvalue weighted by atomic mass is 16.5. The molecule has 0 aliphatic carbocycles. The van der Waals surface area contributed by atoms with Gasteiger partial charge in [0, 0.05) is 17.8 Å². The van der Waals surface area contributed by atoms with Crippen molar-refractivity contribution in [2.24, 2.45) is 0 Å². The van der Waals surface area contributed by atoms with Gasteiger partial charge in [0.2, 0.25) is 0 Å². The normalized spacial score (nSPS) is 11.7. The molecule has 2 aromatic heterocycles. The number of hydrogen-bond donors (Lipinski definition) is 1. The SMILES string of the molecule is CCOC(=O)c1c[nH]n2c(=O)cc(-c3ccc(C(C)(C)C)cc3)nc12. The number of hydrogen-bond acceptors (Lipinski definition) is 4. The molecule has 0 unspecified atom stereocenters. The summed E-state index contributed by atoms with van der Waals surface area (Å²) in [5, 5.41) is 2.74. The molecule has 130 valence electrons. The number of aromatic amines is 1. The number of esters is 1. The molecule has 25 heavy (non-hydrogen) atoms. The lowest BCUT2D eigenvalue weighted by Gasteiger charge is -2.19. The number of carbonyl (C=O) groups excluding carboxylic acids is 1. The average Bonchev–Trinajstić information content (AvgIpc) is 2.99. The summed E-state index contributed by atoms with van der Waals surface area (Å²) in [5.41, 5.74) is 2.82. The van der Waals surface area contributed by atoms with E-state index in [1.165, 1.54) is 22.3 Å². The van der Waals surface area contributed by atoms with Crippen LogP contribution in [0.5, 0.6) is 0 Å². The molecule has 6 nitrogen and oxygen atoms in total. The van der Waals surface area contributed by atoms with Crippen LogP contribution < -0.4 is 5.56 Å². The minimum Gasteiger partial charge on any atom is -0.462 e. The molecule has 6 heteroatoms. The summed E-state index contributed by atoms with van der Waals surface area (Å²) in [6.07, 6.45) is 1.44. The number of ether oxygens (including phenoxy) is 1. The standard InChI is InChI=1S/C19H21N3O3/c1-5-25-18(24)14-11-20-22-16(23)10-15(21-17(14)22)12-6-8-13(9-7-12)19(2,3)4/h6-11,20H,5H2,1-4H3. The van der Waals surface area contributed by atoms with Crippen LogP contribution in [0.15, 0.2) is 41.3 Å². The molecule has 0 aliphatic heterocycles. The van der Waals surface area contributed by atoms with Gasteiger partial charge < -0.3 is 4.74 Å². The van der Waals surface area contributed by atoms with Crippen molar-refractivity contribution in [3.8, 4) is 11.3 Å². The average molecular weight is 339 g/mol. The number of nitrogens with one attached hydrogen (secondary N) is 1. The van der Waals surface area contributed by atoms with Gasteiger partial charge in [0.25, 0.3) is 5.56 Å². The topological polar surface area (TPSA) is 76.5 Å². The second-order valence-corrected chi connectivity index (χ2v) is 6.87. The largest absolute Gasteiger partial charge is 0.462 e. The lowest BCUT2D eigenvalue weighted by atomic mass is 9.86. The zero-order valence-electron chi connectivity index (χ0n) is 14.8. The molecule has 0 atom stereocenters. The van der Waals surface area contributed by atoms with Gasteiger partial charge in [0.15, 0.2) is 5.65 Å². The maximum Gasteiger partial charge on any atom is 0.343 e. The summed E-state index contributed by atoms with van der Waals surface area (Å²) in [6.45, 7) is 8.42. The van der Waals surface area contributed by atoms with E-state index >= 15 is 0 Å². The molecule has 3 aromatic rings. The molecule has 2 heterocycles. The predicted molar refractivity (Wildman–Crippen MR) is 95.9 cm³/mol. The molecule has 0 radical (unpaired) electrons. The Morgan fingerprint density at radius 1 is 1.24 bits per heavy atom. The first kappa shape index (κ1) is 17.0. The van der Waals surface area contributed by atoms with Crippen LogP contribution in [0.2, 0.25) is 0 Å². The van der Waals surface area contributed by atoms with Gasteiger partial charge in [-0.25, -0.2) is 14.3 Å². The first-order valence-corrected chi connectivity index (χ1v) is 8.20. The Morgan fingerprint density at radius 3 is 2.52 bits per heavy atom. The fraction of sp³-hybridized carbons (Fsp3) is 0.316. The molecule has 0 saturated carbocycles. The third kappa shape index (κ3) is 3.20. The Kier molecular flexibility index (Phi) is 4.20. The number of aromatic nitrogens is 3. The molecule has 0 bridgehead atoms. The Labute approximate surface area is 145 Å². The maximum atomic E-state index is 12.3. The molecular weight excluding hydrogens is 318 g/mol. The molecule has 0 fully saturated rings. The summed E-state index contributed by atoms with van der Waals surface area (Å²) in [7, 11) is 0.